The summed E-state index contributed by atoms with van der Waals surface area (Å²) in [5, 5.41) is 3.11. The van der Waals surface area contributed by atoms with Gasteiger partial charge in [0, 0.05) is 37.4 Å². The maximum absolute atomic E-state index is 13.8. The van der Waals surface area contributed by atoms with Gasteiger partial charge in [-0.2, -0.15) is 0 Å². The van der Waals surface area contributed by atoms with Gasteiger partial charge in [0.15, 0.2) is 0 Å². The topological polar surface area (TPSA) is 90.0 Å². The summed E-state index contributed by atoms with van der Waals surface area (Å²) in [6, 6.07) is 16.9. The van der Waals surface area contributed by atoms with Crippen LogP contribution in [0.1, 0.15) is 36.8 Å². The number of hydrogen-bond acceptors (Lipinski definition) is 5. The number of para-hydroxylation sites is 1. The molecule has 3 aliphatic heterocycles. The Morgan fingerprint density at radius 1 is 0.974 bits per heavy atom. The van der Waals surface area contributed by atoms with Gasteiger partial charge in [-0.05, 0) is 63.0 Å². The van der Waals surface area contributed by atoms with E-state index in [-0.39, 0.29) is 23.1 Å². The lowest BCUT2D eigenvalue weighted by Crippen LogP contribution is -2.55. The van der Waals surface area contributed by atoms with E-state index in [9.17, 15) is 18.0 Å². The van der Waals surface area contributed by atoms with Gasteiger partial charge in [0.2, 0.25) is 21.8 Å². The lowest BCUT2D eigenvalue weighted by molar-refractivity contribution is -0.139. The Morgan fingerprint density at radius 2 is 1.61 bits per heavy atom. The Hall–Kier alpha value is -2.91. The van der Waals surface area contributed by atoms with E-state index in [0.29, 0.717) is 38.9 Å². The van der Waals surface area contributed by atoms with Crippen LogP contribution in [0.15, 0.2) is 54.6 Å². The standard InChI is InChI=1S/C29H38N4O4S/c1-31-16-12-23(13-17-31)27(34)30-25(20-22-8-4-3-5-9-22)28(35)32-18-14-29(15-19-32)21-33(38(2,36)37)26-11-7-6-10-24(26)29/h3-11,23,25H,12-21H2,1-2H3,(H,30,34)/t25-/m0/s1. The summed E-state index contributed by atoms with van der Waals surface area (Å²) in [5.74, 6) is -0.163. The van der Waals surface area contributed by atoms with Crippen molar-refractivity contribution >= 4 is 27.5 Å². The SMILES string of the molecule is CN1CCC(C(=O)N[C@@H](Cc2ccccc2)C(=O)N2CCC3(CC2)CN(S(C)(=O)=O)c2ccccc23)CC1. The Morgan fingerprint density at radius 3 is 2.26 bits per heavy atom. The first-order chi connectivity index (χ1) is 18.2. The van der Waals surface area contributed by atoms with Gasteiger partial charge in [-0.15, -0.1) is 0 Å². The number of hydrogen-bond donors (Lipinski definition) is 1. The van der Waals surface area contributed by atoms with Crippen LogP contribution in [0.4, 0.5) is 5.69 Å². The highest BCUT2D eigenvalue weighted by molar-refractivity contribution is 7.92. The second-order valence-electron chi connectivity index (χ2n) is 11.2. The predicted octanol–water partition coefficient (Wildman–Crippen LogP) is 2.40. The second kappa shape index (κ2) is 10.7. The van der Waals surface area contributed by atoms with Crippen molar-refractivity contribution in [2.75, 3.05) is 50.3 Å². The first kappa shape index (κ1) is 26.7. The Bertz CT molecular complexity index is 1270. The number of carbonyl (C=O) groups is 2. The van der Waals surface area contributed by atoms with E-state index in [1.54, 1.807) is 0 Å². The molecule has 9 heteroatoms. The average Bonchev–Trinajstić information content (AvgIpc) is 3.24. The van der Waals surface area contributed by atoms with Crippen molar-refractivity contribution in [1.29, 1.82) is 0 Å². The molecular formula is C29H38N4O4S. The molecule has 2 aromatic carbocycles. The molecule has 0 unspecified atom stereocenters. The molecule has 0 radical (unpaired) electrons. The van der Waals surface area contributed by atoms with Gasteiger partial charge >= 0.3 is 0 Å². The molecule has 38 heavy (non-hydrogen) atoms. The van der Waals surface area contributed by atoms with Gasteiger partial charge in [-0.25, -0.2) is 8.42 Å². The van der Waals surface area contributed by atoms with Gasteiger partial charge in [0.1, 0.15) is 6.04 Å². The zero-order valence-corrected chi connectivity index (χ0v) is 23.1. The molecule has 2 saturated heterocycles. The molecule has 0 aliphatic carbocycles. The first-order valence-electron chi connectivity index (χ1n) is 13.6. The average molecular weight is 539 g/mol. The fourth-order valence-electron chi connectivity index (χ4n) is 6.29. The van der Waals surface area contributed by atoms with Crippen molar-refractivity contribution in [1.82, 2.24) is 15.1 Å². The van der Waals surface area contributed by atoms with Crippen molar-refractivity contribution < 1.29 is 18.0 Å². The number of carbonyl (C=O) groups excluding carboxylic acids is 2. The second-order valence-corrected chi connectivity index (χ2v) is 13.1. The van der Waals surface area contributed by atoms with Crippen LogP contribution in [-0.2, 0) is 31.4 Å². The molecule has 0 aromatic heterocycles. The maximum atomic E-state index is 13.8. The maximum Gasteiger partial charge on any atom is 0.245 e. The van der Waals surface area contributed by atoms with Crippen LogP contribution in [0, 0.1) is 5.92 Å². The van der Waals surface area contributed by atoms with E-state index in [4.69, 9.17) is 0 Å². The molecule has 0 saturated carbocycles. The highest BCUT2D eigenvalue weighted by atomic mass is 32.2. The Kier molecular flexibility index (Phi) is 7.51. The summed E-state index contributed by atoms with van der Waals surface area (Å²) in [5.41, 5.74) is 2.51. The minimum atomic E-state index is -3.39. The molecule has 1 N–H and O–H groups in total. The quantitative estimate of drug-likeness (QED) is 0.610. The lowest BCUT2D eigenvalue weighted by atomic mass is 9.74. The number of fused-ring (bicyclic) bond motifs is 2. The zero-order valence-electron chi connectivity index (χ0n) is 22.3. The van der Waals surface area contributed by atoms with Gasteiger partial charge in [-0.1, -0.05) is 48.5 Å². The van der Waals surface area contributed by atoms with E-state index in [1.165, 1.54) is 10.6 Å². The molecule has 3 aliphatic rings. The first-order valence-corrected chi connectivity index (χ1v) is 15.4. The molecule has 2 fully saturated rings. The fourth-order valence-corrected chi connectivity index (χ4v) is 7.29. The molecule has 0 bridgehead atoms. The number of sulfonamides is 1. The smallest absolute Gasteiger partial charge is 0.245 e. The van der Waals surface area contributed by atoms with Crippen molar-refractivity contribution in [3.8, 4) is 0 Å². The van der Waals surface area contributed by atoms with Crippen molar-refractivity contribution in [3.05, 3.63) is 65.7 Å². The van der Waals surface area contributed by atoms with Crippen LogP contribution in [0.25, 0.3) is 0 Å². The van der Waals surface area contributed by atoms with Crippen LogP contribution >= 0.6 is 0 Å². The fraction of sp³-hybridized carbons (Fsp3) is 0.517. The number of rotatable bonds is 6. The van der Waals surface area contributed by atoms with E-state index in [0.717, 1.165) is 42.7 Å². The van der Waals surface area contributed by atoms with Crippen LogP contribution in [-0.4, -0.2) is 82.1 Å². The van der Waals surface area contributed by atoms with Crippen LogP contribution in [0.2, 0.25) is 0 Å². The number of nitrogens with one attached hydrogen (secondary N) is 1. The third-order valence-corrected chi connectivity index (χ3v) is 9.74. The summed E-state index contributed by atoms with van der Waals surface area (Å²) in [6.07, 6.45) is 4.67. The van der Waals surface area contributed by atoms with Gasteiger partial charge in [0.25, 0.3) is 0 Å². The minimum Gasteiger partial charge on any atom is -0.344 e. The van der Waals surface area contributed by atoms with Gasteiger partial charge in [0.05, 0.1) is 11.9 Å². The third-order valence-electron chi connectivity index (χ3n) is 8.61. The summed E-state index contributed by atoms with van der Waals surface area (Å²) < 4.78 is 26.6. The largest absolute Gasteiger partial charge is 0.344 e. The monoisotopic (exact) mass is 538 g/mol. The molecule has 1 spiro atoms. The summed E-state index contributed by atoms with van der Waals surface area (Å²) in [4.78, 5) is 31.1. The van der Waals surface area contributed by atoms with E-state index in [2.05, 4.69) is 17.3 Å². The highest BCUT2D eigenvalue weighted by Crippen LogP contribution is 2.47. The van der Waals surface area contributed by atoms with Crippen LogP contribution in [0.5, 0.6) is 0 Å². The van der Waals surface area contributed by atoms with E-state index in [1.807, 2.05) is 59.5 Å². The number of anilines is 1. The van der Waals surface area contributed by atoms with E-state index < -0.39 is 16.1 Å². The van der Waals surface area contributed by atoms with Crippen LogP contribution < -0.4 is 9.62 Å². The molecule has 5 rings (SSSR count). The molecule has 204 valence electrons. The predicted molar refractivity (Wildman–Crippen MR) is 148 cm³/mol. The lowest BCUT2D eigenvalue weighted by Gasteiger charge is -2.41. The summed E-state index contributed by atoms with van der Waals surface area (Å²) in [6.45, 7) is 3.24. The number of piperidine rings is 2. The van der Waals surface area contributed by atoms with Crippen LogP contribution in [0.3, 0.4) is 0 Å². The van der Waals surface area contributed by atoms with Gasteiger partial charge < -0.3 is 15.1 Å². The van der Waals surface area contributed by atoms with Crippen molar-refractivity contribution in [2.24, 2.45) is 5.92 Å². The molecule has 3 heterocycles. The molecule has 2 amide bonds. The van der Waals surface area contributed by atoms with Crippen molar-refractivity contribution in [3.63, 3.8) is 0 Å². The highest BCUT2D eigenvalue weighted by Gasteiger charge is 2.48. The van der Waals surface area contributed by atoms with Gasteiger partial charge in [-0.3, -0.25) is 13.9 Å². The molecule has 1 atom stereocenters. The number of likely N-dealkylation sites (tertiary alicyclic amines) is 2. The molecule has 2 aromatic rings. The summed E-state index contributed by atoms with van der Waals surface area (Å²) >= 11 is 0. The minimum absolute atomic E-state index is 0.0330. The van der Waals surface area contributed by atoms with Crippen molar-refractivity contribution in [2.45, 2.75) is 43.6 Å². The third kappa shape index (κ3) is 5.45. The number of nitrogens with zero attached hydrogens (tertiary/aromatic N) is 3. The molecular weight excluding hydrogens is 500 g/mol. The summed E-state index contributed by atoms with van der Waals surface area (Å²) in [7, 11) is -1.33. The molecule has 8 nitrogen and oxygen atoms in total. The number of benzene rings is 2. The Balaban J connectivity index is 1.31. The Labute approximate surface area is 226 Å². The number of amides is 2. The zero-order chi connectivity index (χ0) is 26.9. The van der Waals surface area contributed by atoms with E-state index >= 15 is 0 Å². The normalized spacial score (nSPS) is 20.8.